The first-order valence-electron chi connectivity index (χ1n) is 6.48. The average Bonchev–Trinajstić information content (AvgIpc) is 2.99. The van der Waals surface area contributed by atoms with Crippen LogP contribution in [0, 0.1) is 0 Å². The van der Waals surface area contributed by atoms with Crippen LogP contribution in [0.25, 0.3) is 0 Å². The second kappa shape index (κ2) is 5.04. The van der Waals surface area contributed by atoms with Crippen molar-refractivity contribution < 1.29 is 4.79 Å². The molecule has 0 saturated carbocycles. The van der Waals surface area contributed by atoms with Gasteiger partial charge in [0.25, 0.3) is 0 Å². The maximum absolute atomic E-state index is 12.2. The van der Waals surface area contributed by atoms with Gasteiger partial charge in [0, 0.05) is 46.1 Å². The van der Waals surface area contributed by atoms with Crippen molar-refractivity contribution in [1.29, 1.82) is 0 Å². The highest BCUT2D eigenvalue weighted by atomic mass is 16.2. The zero-order valence-corrected chi connectivity index (χ0v) is 11.6. The Bertz CT molecular complexity index is 617. The van der Waals surface area contributed by atoms with Crippen molar-refractivity contribution in [3.05, 3.63) is 24.3 Å². The first-order chi connectivity index (χ1) is 9.61. The summed E-state index contributed by atoms with van der Waals surface area (Å²) in [5.74, 6) is 0.0909. The van der Waals surface area contributed by atoms with Gasteiger partial charge in [-0.05, 0) is 0 Å². The minimum absolute atomic E-state index is 0.0909. The number of nitrogens with zero attached hydrogens (tertiary/aromatic N) is 7. The molecule has 8 heteroatoms. The second-order valence-corrected chi connectivity index (χ2v) is 5.01. The number of hydrogen-bond donors (Lipinski definition) is 0. The van der Waals surface area contributed by atoms with E-state index in [9.17, 15) is 4.79 Å². The van der Waals surface area contributed by atoms with Crippen molar-refractivity contribution in [2.24, 2.45) is 14.1 Å². The van der Waals surface area contributed by atoms with Gasteiger partial charge >= 0.3 is 0 Å². The van der Waals surface area contributed by atoms with Crippen LogP contribution in [0.4, 0.5) is 5.69 Å². The van der Waals surface area contributed by atoms with Gasteiger partial charge < -0.3 is 4.90 Å². The lowest BCUT2D eigenvalue weighted by molar-refractivity contribution is -0.121. The lowest BCUT2D eigenvalue weighted by Gasteiger charge is -2.32. The number of aromatic nitrogens is 5. The Morgan fingerprint density at radius 1 is 1.20 bits per heavy atom. The van der Waals surface area contributed by atoms with Crippen LogP contribution in [-0.2, 0) is 25.4 Å². The molecule has 2 aromatic heterocycles. The molecule has 3 rings (SSSR count). The van der Waals surface area contributed by atoms with Crippen LogP contribution in [0.2, 0.25) is 0 Å². The number of rotatable bonds is 3. The van der Waals surface area contributed by atoms with E-state index in [1.54, 1.807) is 20.5 Å². The third-order valence-corrected chi connectivity index (χ3v) is 3.34. The summed E-state index contributed by atoms with van der Waals surface area (Å²) in [6.07, 6.45) is 5.45. The first kappa shape index (κ1) is 12.8. The van der Waals surface area contributed by atoms with Crippen LogP contribution in [0.3, 0.4) is 0 Å². The Hall–Kier alpha value is -2.22. The molecule has 0 radical (unpaired) electrons. The van der Waals surface area contributed by atoms with E-state index in [1.165, 1.54) is 0 Å². The number of carbonyl (C=O) groups excluding carboxylic acids is 1. The monoisotopic (exact) mass is 275 g/mol. The highest BCUT2D eigenvalue weighted by molar-refractivity contribution is 5.95. The Morgan fingerprint density at radius 2 is 2.05 bits per heavy atom. The fraction of sp³-hybridized carbons (Fsp3) is 0.500. The molecular formula is C12H17N7O. The molecule has 8 nitrogen and oxygen atoms in total. The zero-order valence-electron chi connectivity index (χ0n) is 11.6. The number of aryl methyl sites for hydroxylation is 2. The number of amides is 1. The molecule has 0 spiro atoms. The Morgan fingerprint density at radius 3 is 2.65 bits per heavy atom. The summed E-state index contributed by atoms with van der Waals surface area (Å²) in [4.78, 5) is 16.1. The summed E-state index contributed by atoms with van der Waals surface area (Å²) in [6.45, 7) is 2.54. The average molecular weight is 275 g/mol. The van der Waals surface area contributed by atoms with Gasteiger partial charge in [0.05, 0.1) is 24.1 Å². The summed E-state index contributed by atoms with van der Waals surface area (Å²) in [6, 6.07) is 0. The third-order valence-electron chi connectivity index (χ3n) is 3.34. The zero-order chi connectivity index (χ0) is 14.1. The molecule has 3 heterocycles. The summed E-state index contributed by atoms with van der Waals surface area (Å²) >= 11 is 0. The maximum Gasteiger partial charge on any atom is 0.241 e. The molecule has 2 aromatic rings. The molecule has 0 aliphatic carbocycles. The van der Waals surface area contributed by atoms with E-state index in [4.69, 9.17) is 0 Å². The number of carbonyl (C=O) groups is 1. The molecule has 0 aromatic carbocycles. The molecule has 1 fully saturated rings. The van der Waals surface area contributed by atoms with E-state index in [0.717, 1.165) is 17.9 Å². The predicted octanol–water partition coefficient (Wildman–Crippen LogP) is -0.603. The molecule has 106 valence electrons. The van der Waals surface area contributed by atoms with Crippen LogP contribution in [-0.4, -0.2) is 55.2 Å². The van der Waals surface area contributed by atoms with Gasteiger partial charge in [-0.25, -0.2) is 0 Å². The Balaban J connectivity index is 1.63. The van der Waals surface area contributed by atoms with Crippen molar-refractivity contribution in [2.45, 2.75) is 6.54 Å². The van der Waals surface area contributed by atoms with Crippen LogP contribution < -0.4 is 4.90 Å². The molecule has 1 saturated heterocycles. The molecule has 0 bridgehead atoms. The van der Waals surface area contributed by atoms with E-state index >= 15 is 0 Å². The van der Waals surface area contributed by atoms with Crippen LogP contribution >= 0.6 is 0 Å². The fourth-order valence-electron chi connectivity index (χ4n) is 2.37. The quantitative estimate of drug-likeness (QED) is 0.748. The van der Waals surface area contributed by atoms with E-state index in [2.05, 4.69) is 20.3 Å². The van der Waals surface area contributed by atoms with Gasteiger partial charge in [0.1, 0.15) is 0 Å². The molecule has 1 amide bonds. The van der Waals surface area contributed by atoms with Gasteiger partial charge in [-0.2, -0.15) is 5.10 Å². The van der Waals surface area contributed by atoms with Crippen LogP contribution in [0.1, 0.15) is 5.69 Å². The SMILES string of the molecule is Cn1cc(N2CCN(Cc3cn(C)nn3)CC2=O)cn1. The van der Waals surface area contributed by atoms with E-state index in [-0.39, 0.29) is 5.91 Å². The number of hydrogen-bond acceptors (Lipinski definition) is 5. The van der Waals surface area contributed by atoms with Gasteiger partial charge in [-0.15, -0.1) is 5.10 Å². The van der Waals surface area contributed by atoms with E-state index in [0.29, 0.717) is 19.6 Å². The van der Waals surface area contributed by atoms with E-state index in [1.807, 2.05) is 26.5 Å². The van der Waals surface area contributed by atoms with Gasteiger partial charge in [-0.3, -0.25) is 19.1 Å². The van der Waals surface area contributed by atoms with Gasteiger partial charge in [0.2, 0.25) is 5.91 Å². The number of anilines is 1. The summed E-state index contributed by atoms with van der Waals surface area (Å²) in [5.41, 5.74) is 1.74. The van der Waals surface area contributed by atoms with Crippen LogP contribution in [0.15, 0.2) is 18.6 Å². The maximum atomic E-state index is 12.2. The summed E-state index contributed by atoms with van der Waals surface area (Å²) in [5, 5.41) is 12.1. The number of piperazine rings is 1. The Kier molecular flexibility index (Phi) is 3.23. The van der Waals surface area contributed by atoms with E-state index < -0.39 is 0 Å². The fourth-order valence-corrected chi connectivity index (χ4v) is 2.37. The van der Waals surface area contributed by atoms with Crippen molar-refractivity contribution in [3.63, 3.8) is 0 Å². The highest BCUT2D eigenvalue weighted by Gasteiger charge is 2.26. The van der Waals surface area contributed by atoms with Crippen molar-refractivity contribution in [2.75, 3.05) is 24.5 Å². The molecule has 0 atom stereocenters. The topological polar surface area (TPSA) is 72.1 Å². The second-order valence-electron chi connectivity index (χ2n) is 5.01. The van der Waals surface area contributed by atoms with Gasteiger partial charge in [0.15, 0.2) is 0 Å². The minimum Gasteiger partial charge on any atom is -0.307 e. The van der Waals surface area contributed by atoms with Gasteiger partial charge in [-0.1, -0.05) is 5.21 Å². The lowest BCUT2D eigenvalue weighted by atomic mass is 10.2. The molecule has 1 aliphatic heterocycles. The largest absolute Gasteiger partial charge is 0.307 e. The Labute approximate surface area is 116 Å². The molecular weight excluding hydrogens is 258 g/mol. The predicted molar refractivity (Wildman–Crippen MR) is 71.8 cm³/mol. The third kappa shape index (κ3) is 2.55. The van der Waals surface area contributed by atoms with Crippen molar-refractivity contribution in [1.82, 2.24) is 29.7 Å². The standard InChI is InChI=1S/C12H17N7O/c1-16-8-11(5-13-16)19-4-3-18(9-12(19)20)7-10-6-17(2)15-14-10/h5-6,8H,3-4,7,9H2,1-2H3. The lowest BCUT2D eigenvalue weighted by Crippen LogP contribution is -2.50. The highest BCUT2D eigenvalue weighted by Crippen LogP contribution is 2.16. The summed E-state index contributed by atoms with van der Waals surface area (Å²) in [7, 11) is 3.68. The van der Waals surface area contributed by atoms with Crippen molar-refractivity contribution in [3.8, 4) is 0 Å². The van der Waals surface area contributed by atoms with Crippen LogP contribution in [0.5, 0.6) is 0 Å². The smallest absolute Gasteiger partial charge is 0.241 e. The normalized spacial score (nSPS) is 16.9. The minimum atomic E-state index is 0.0909. The van der Waals surface area contributed by atoms with Crippen molar-refractivity contribution >= 4 is 11.6 Å². The molecule has 0 N–H and O–H groups in total. The summed E-state index contributed by atoms with van der Waals surface area (Å²) < 4.78 is 3.37. The first-order valence-corrected chi connectivity index (χ1v) is 6.48. The molecule has 0 unspecified atom stereocenters. The molecule has 1 aliphatic rings. The molecule has 20 heavy (non-hydrogen) atoms.